The Morgan fingerprint density at radius 3 is 1.33 bits per heavy atom. The quantitative estimate of drug-likeness (QED) is 0.365. The third-order valence-corrected chi connectivity index (χ3v) is 0.500. The van der Waals surface area contributed by atoms with Crippen LogP contribution in [-0.2, 0) is 0 Å². The maximum atomic E-state index is 4.78. The summed E-state index contributed by atoms with van der Waals surface area (Å²) in [6.07, 6.45) is 2.64. The van der Waals surface area contributed by atoms with Crippen LogP contribution < -0.4 is 0 Å². The van der Waals surface area contributed by atoms with Crippen molar-refractivity contribution in [2.45, 2.75) is 26.7 Å². The van der Waals surface area contributed by atoms with Gasteiger partial charge in [-0.2, -0.15) is 11.1 Å². The van der Waals surface area contributed by atoms with E-state index in [1.807, 2.05) is 0 Å². The molecule has 0 saturated carbocycles. The van der Waals surface area contributed by atoms with Gasteiger partial charge in [-0.15, -0.1) is 0 Å². The van der Waals surface area contributed by atoms with Gasteiger partial charge in [-0.1, -0.05) is 26.7 Å². The molecule has 0 heterocycles. The van der Waals surface area contributed by atoms with Crippen LogP contribution in [0, 0.1) is 0 Å². The molecule has 0 amide bonds. The Kier molecular flexibility index (Phi) is 28.8. The molecule has 0 aromatic carbocycles. The molecule has 0 aliphatic rings. The van der Waals surface area contributed by atoms with Crippen LogP contribution in [0.5, 0.6) is 0 Å². The third-order valence-electron chi connectivity index (χ3n) is 0.500. The number of rotatable bonds is 1. The molecule has 0 aromatic heterocycles. The van der Waals surface area contributed by atoms with E-state index in [4.69, 9.17) is 11.1 Å². The van der Waals surface area contributed by atoms with Crippen LogP contribution in [0.1, 0.15) is 26.7 Å². The fraction of sp³-hybridized carbons (Fsp3) is 1.00. The van der Waals surface area contributed by atoms with Gasteiger partial charge >= 0.3 is 0 Å². The van der Waals surface area contributed by atoms with Crippen LogP contribution in [0.2, 0.25) is 0 Å². The molecule has 0 nitrogen and oxygen atoms in total. The molecule has 0 fully saturated rings. The maximum Gasteiger partial charge on any atom is 0.109 e. The predicted octanol–water partition coefficient (Wildman–Crippen LogP) is 1.31. The summed E-state index contributed by atoms with van der Waals surface area (Å²) in [5, 5.41) is 0. The Hall–Kier alpha value is 0.507. The van der Waals surface area contributed by atoms with Gasteiger partial charge in [0.2, 0.25) is 0 Å². The van der Waals surface area contributed by atoms with Crippen molar-refractivity contribution >= 4 is 20.6 Å². The first-order valence-corrected chi connectivity index (χ1v) is 5.32. The van der Waals surface area contributed by atoms with Crippen LogP contribution in [-0.4, -0.2) is 9.55 Å². The highest BCUT2D eigenvalue weighted by atomic mass is 35.6. The molecule has 2 heteroatoms. The van der Waals surface area contributed by atoms with Gasteiger partial charge in [-0.05, 0) is 0 Å². The smallest absolute Gasteiger partial charge is 0.109 e. The predicted molar refractivity (Wildman–Crippen MR) is 36.4 cm³/mol. The van der Waals surface area contributed by atoms with E-state index in [-0.39, 0.29) is 0 Å². The first-order valence-electron chi connectivity index (χ1n) is 2.29. The fourth-order valence-electron chi connectivity index (χ4n) is 0. The molecule has 0 radical (unpaired) electrons. The summed E-state index contributed by atoms with van der Waals surface area (Å²) >= 11 is 4.78. The first kappa shape index (κ1) is 9.71. The SMILES string of the molecule is CCCC.[SiH3]Cl. The van der Waals surface area contributed by atoms with E-state index in [0.717, 1.165) is 9.55 Å². The first-order chi connectivity index (χ1) is 2.91. The normalized spacial score (nSPS) is 6.50. The molecule has 0 bridgehead atoms. The van der Waals surface area contributed by atoms with E-state index in [0.29, 0.717) is 0 Å². The maximum absolute atomic E-state index is 4.78. The Morgan fingerprint density at radius 2 is 1.33 bits per heavy atom. The topological polar surface area (TPSA) is 0 Å². The van der Waals surface area contributed by atoms with Gasteiger partial charge in [0.1, 0.15) is 9.55 Å². The Bertz CT molecular complexity index is 9.51. The lowest BCUT2D eigenvalue weighted by molar-refractivity contribution is 0.886. The van der Waals surface area contributed by atoms with Gasteiger partial charge < -0.3 is 0 Å². The molecule has 6 heavy (non-hydrogen) atoms. The largest absolute Gasteiger partial charge is 0.181 e. The summed E-state index contributed by atoms with van der Waals surface area (Å²) < 4.78 is 0. The minimum atomic E-state index is 0.778. The van der Waals surface area contributed by atoms with E-state index in [1.54, 1.807) is 0 Å². The van der Waals surface area contributed by atoms with Crippen molar-refractivity contribution in [2.24, 2.45) is 0 Å². The summed E-state index contributed by atoms with van der Waals surface area (Å²) in [7, 11) is 0.778. The van der Waals surface area contributed by atoms with Gasteiger partial charge in [0.05, 0.1) is 0 Å². The molecular formula is C4H13ClSi. The standard InChI is InChI=1S/C4H10.ClH3Si/c1-3-4-2;1-2/h3-4H2,1-2H3;2H3. The highest BCUT2D eigenvalue weighted by Crippen LogP contribution is 1.76. The van der Waals surface area contributed by atoms with E-state index >= 15 is 0 Å². The zero-order valence-electron chi connectivity index (χ0n) is 4.79. The number of unbranched alkanes of at least 4 members (excludes halogenated alkanes) is 1. The molecule has 0 atom stereocenters. The van der Waals surface area contributed by atoms with Gasteiger partial charge in [0.15, 0.2) is 0 Å². The minimum absolute atomic E-state index is 0.778. The third kappa shape index (κ3) is 24.4. The van der Waals surface area contributed by atoms with Crippen LogP contribution in [0.15, 0.2) is 0 Å². The zero-order chi connectivity index (χ0) is 5.41. The van der Waals surface area contributed by atoms with Gasteiger partial charge in [-0.25, -0.2) is 0 Å². The summed E-state index contributed by atoms with van der Waals surface area (Å²) in [6, 6.07) is 0. The Labute approximate surface area is 48.0 Å². The molecule has 40 valence electrons. The lowest BCUT2D eigenvalue weighted by atomic mass is 10.4. The van der Waals surface area contributed by atoms with Crippen LogP contribution in [0.3, 0.4) is 0 Å². The molecule has 0 saturated heterocycles. The van der Waals surface area contributed by atoms with Crippen molar-refractivity contribution in [3.05, 3.63) is 0 Å². The second-order valence-electron chi connectivity index (χ2n) is 1.000. The molecule has 0 spiro atoms. The number of hydrogen-bond acceptors (Lipinski definition) is 0. The van der Waals surface area contributed by atoms with Crippen molar-refractivity contribution < 1.29 is 0 Å². The summed E-state index contributed by atoms with van der Waals surface area (Å²) in [5.41, 5.74) is 0. The Morgan fingerprint density at radius 1 is 1.17 bits per heavy atom. The molecule has 0 aromatic rings. The number of hydrogen-bond donors (Lipinski definition) is 0. The van der Waals surface area contributed by atoms with Gasteiger partial charge in [-0.3, -0.25) is 0 Å². The Balaban J connectivity index is 0. The fourth-order valence-corrected chi connectivity index (χ4v) is 0. The highest BCUT2D eigenvalue weighted by molar-refractivity contribution is 6.80. The van der Waals surface area contributed by atoms with Crippen LogP contribution in [0.25, 0.3) is 0 Å². The second kappa shape index (κ2) is 17.8. The summed E-state index contributed by atoms with van der Waals surface area (Å²) in [5.74, 6) is 0. The molecule has 0 rings (SSSR count). The van der Waals surface area contributed by atoms with Crippen molar-refractivity contribution in [3.8, 4) is 0 Å². The average molecular weight is 125 g/mol. The molecular weight excluding hydrogens is 112 g/mol. The zero-order valence-corrected chi connectivity index (χ0v) is 7.55. The van der Waals surface area contributed by atoms with E-state index in [2.05, 4.69) is 13.8 Å². The van der Waals surface area contributed by atoms with Gasteiger partial charge in [0.25, 0.3) is 0 Å². The van der Waals surface area contributed by atoms with Crippen molar-refractivity contribution in [1.29, 1.82) is 0 Å². The highest BCUT2D eigenvalue weighted by Gasteiger charge is 1.56. The minimum Gasteiger partial charge on any atom is -0.181 e. The lowest BCUT2D eigenvalue weighted by Crippen LogP contribution is -1.47. The monoisotopic (exact) mass is 124 g/mol. The van der Waals surface area contributed by atoms with E-state index in [9.17, 15) is 0 Å². The van der Waals surface area contributed by atoms with Gasteiger partial charge in [0, 0.05) is 0 Å². The number of halogens is 1. The summed E-state index contributed by atoms with van der Waals surface area (Å²) in [4.78, 5) is 0. The van der Waals surface area contributed by atoms with Crippen molar-refractivity contribution in [2.75, 3.05) is 0 Å². The summed E-state index contributed by atoms with van der Waals surface area (Å²) in [6.45, 7) is 4.36. The van der Waals surface area contributed by atoms with Crippen LogP contribution >= 0.6 is 11.1 Å². The average Bonchev–Trinajstić information content (AvgIpc) is 1.72. The molecule has 0 N–H and O–H groups in total. The van der Waals surface area contributed by atoms with Crippen LogP contribution in [0.4, 0.5) is 0 Å². The molecule has 0 aliphatic carbocycles. The second-order valence-corrected chi connectivity index (χ2v) is 1.000. The van der Waals surface area contributed by atoms with Crippen molar-refractivity contribution in [3.63, 3.8) is 0 Å². The van der Waals surface area contributed by atoms with Crippen molar-refractivity contribution in [1.82, 2.24) is 0 Å². The van der Waals surface area contributed by atoms with E-state index in [1.165, 1.54) is 12.8 Å². The van der Waals surface area contributed by atoms with E-state index < -0.39 is 0 Å². The molecule has 0 aliphatic heterocycles. The lowest BCUT2D eigenvalue weighted by Gasteiger charge is -1.68. The molecule has 0 unspecified atom stereocenters.